The van der Waals surface area contributed by atoms with Gasteiger partial charge < -0.3 is 14.9 Å². The number of benzene rings is 3. The number of carbonyl (C=O) groups is 1. The van der Waals surface area contributed by atoms with Gasteiger partial charge in [0.05, 0.1) is 5.02 Å². The predicted octanol–water partition coefficient (Wildman–Crippen LogP) is 4.48. The minimum atomic E-state index is -1.26. The summed E-state index contributed by atoms with van der Waals surface area (Å²) in [4.78, 5) is 11.1. The van der Waals surface area contributed by atoms with Crippen LogP contribution in [0.3, 0.4) is 0 Å². The van der Waals surface area contributed by atoms with E-state index in [4.69, 9.17) is 21.4 Å². The first-order valence-electron chi connectivity index (χ1n) is 6.91. The molecule has 0 unspecified atom stereocenters. The fourth-order valence-corrected chi connectivity index (χ4v) is 2.53. The van der Waals surface area contributed by atoms with Crippen LogP contribution in [0.15, 0.2) is 54.6 Å². The molecule has 3 aromatic rings. The Bertz CT molecular complexity index is 889. The van der Waals surface area contributed by atoms with Crippen LogP contribution in [0.25, 0.3) is 10.8 Å². The average molecular weight is 329 g/mol. The van der Waals surface area contributed by atoms with Crippen LogP contribution in [-0.2, 0) is 6.61 Å². The summed E-state index contributed by atoms with van der Waals surface area (Å²) in [5.74, 6) is -1.43. The topological polar surface area (TPSA) is 66.8 Å². The molecule has 3 rings (SSSR count). The second-order valence-electron chi connectivity index (χ2n) is 5.08. The summed E-state index contributed by atoms with van der Waals surface area (Å²) in [5, 5.41) is 20.9. The van der Waals surface area contributed by atoms with Crippen molar-refractivity contribution in [3.63, 3.8) is 0 Å². The Hall–Kier alpha value is -2.72. The van der Waals surface area contributed by atoms with E-state index >= 15 is 0 Å². The molecule has 0 amide bonds. The van der Waals surface area contributed by atoms with Crippen LogP contribution in [0.1, 0.15) is 15.9 Å². The number of carboxylic acid groups (broad SMARTS) is 1. The van der Waals surface area contributed by atoms with Crippen LogP contribution < -0.4 is 4.74 Å². The van der Waals surface area contributed by atoms with Crippen LogP contribution >= 0.6 is 11.6 Å². The Kier molecular flexibility index (Phi) is 4.08. The number of fused-ring (bicyclic) bond motifs is 1. The smallest absolute Gasteiger partial charge is 0.339 e. The molecule has 0 atom stereocenters. The third-order valence-electron chi connectivity index (χ3n) is 3.49. The van der Waals surface area contributed by atoms with Crippen molar-refractivity contribution in [2.45, 2.75) is 6.61 Å². The van der Waals surface area contributed by atoms with Gasteiger partial charge in [0.15, 0.2) is 0 Å². The molecule has 0 saturated heterocycles. The summed E-state index contributed by atoms with van der Waals surface area (Å²) in [7, 11) is 0. The highest BCUT2D eigenvalue weighted by Crippen LogP contribution is 2.32. The van der Waals surface area contributed by atoms with Crippen molar-refractivity contribution in [3.8, 4) is 11.5 Å². The fourth-order valence-electron chi connectivity index (χ4n) is 2.32. The number of ether oxygens (including phenoxy) is 1. The second-order valence-corrected chi connectivity index (χ2v) is 5.48. The molecule has 0 aromatic heterocycles. The number of rotatable bonds is 4. The van der Waals surface area contributed by atoms with Crippen molar-refractivity contribution in [3.05, 3.63) is 70.7 Å². The molecular formula is C18H13ClO4. The highest BCUT2D eigenvalue weighted by atomic mass is 35.5. The number of aromatic carboxylic acids is 1. The number of aromatic hydroxyl groups is 1. The molecule has 5 heteroatoms. The van der Waals surface area contributed by atoms with Gasteiger partial charge in [-0.25, -0.2) is 4.79 Å². The number of hydrogen-bond donors (Lipinski definition) is 2. The zero-order valence-electron chi connectivity index (χ0n) is 12.0. The maximum atomic E-state index is 11.1. The first kappa shape index (κ1) is 15.2. The first-order chi connectivity index (χ1) is 11.0. The van der Waals surface area contributed by atoms with Crippen molar-refractivity contribution >= 4 is 28.3 Å². The molecule has 0 radical (unpaired) electrons. The molecule has 0 fully saturated rings. The number of phenols is 1. The maximum Gasteiger partial charge on any atom is 0.339 e. The van der Waals surface area contributed by atoms with Gasteiger partial charge in [0.2, 0.25) is 0 Å². The number of halogens is 1. The molecule has 23 heavy (non-hydrogen) atoms. The molecule has 0 saturated carbocycles. The minimum Gasteiger partial charge on any atom is -0.505 e. The van der Waals surface area contributed by atoms with Gasteiger partial charge in [0, 0.05) is 6.07 Å². The molecule has 116 valence electrons. The van der Waals surface area contributed by atoms with Crippen molar-refractivity contribution in [2.75, 3.05) is 0 Å². The Morgan fingerprint density at radius 2 is 1.78 bits per heavy atom. The molecule has 0 heterocycles. The summed E-state index contributed by atoms with van der Waals surface area (Å²) >= 11 is 5.83. The van der Waals surface area contributed by atoms with Crippen molar-refractivity contribution in [1.82, 2.24) is 0 Å². The molecular weight excluding hydrogens is 316 g/mol. The van der Waals surface area contributed by atoms with E-state index in [0.717, 1.165) is 16.3 Å². The van der Waals surface area contributed by atoms with Crippen LogP contribution in [0.2, 0.25) is 5.02 Å². The van der Waals surface area contributed by atoms with E-state index < -0.39 is 11.7 Å². The highest BCUT2D eigenvalue weighted by Gasteiger charge is 2.15. The molecule has 2 N–H and O–H groups in total. The SMILES string of the molecule is O=C(O)c1cc(OCc2ccc3ccccc3c2)cc(Cl)c1O. The van der Waals surface area contributed by atoms with Crippen molar-refractivity contribution < 1.29 is 19.7 Å². The Morgan fingerprint density at radius 1 is 1.04 bits per heavy atom. The van der Waals surface area contributed by atoms with Gasteiger partial charge in [0.25, 0.3) is 0 Å². The zero-order valence-corrected chi connectivity index (χ0v) is 12.7. The van der Waals surface area contributed by atoms with Gasteiger partial charge in [0.1, 0.15) is 23.7 Å². The maximum absolute atomic E-state index is 11.1. The first-order valence-corrected chi connectivity index (χ1v) is 7.28. The van der Waals surface area contributed by atoms with E-state index in [1.54, 1.807) is 0 Å². The van der Waals surface area contributed by atoms with Gasteiger partial charge in [-0.2, -0.15) is 0 Å². The minimum absolute atomic E-state index is 0.0570. The monoisotopic (exact) mass is 328 g/mol. The molecule has 3 aromatic carbocycles. The normalized spacial score (nSPS) is 10.7. The lowest BCUT2D eigenvalue weighted by molar-refractivity contribution is 0.0693. The van der Waals surface area contributed by atoms with Gasteiger partial charge in [-0.05, 0) is 28.5 Å². The number of hydrogen-bond acceptors (Lipinski definition) is 3. The van der Waals surface area contributed by atoms with Gasteiger partial charge in [-0.15, -0.1) is 0 Å². The van der Waals surface area contributed by atoms with E-state index in [1.807, 2.05) is 42.5 Å². The van der Waals surface area contributed by atoms with Gasteiger partial charge in [-0.1, -0.05) is 48.0 Å². The van der Waals surface area contributed by atoms with Crippen LogP contribution in [-0.4, -0.2) is 16.2 Å². The lowest BCUT2D eigenvalue weighted by atomic mass is 10.1. The fraction of sp³-hybridized carbons (Fsp3) is 0.0556. The Morgan fingerprint density at radius 3 is 2.52 bits per heavy atom. The third kappa shape index (κ3) is 3.22. The molecule has 0 bridgehead atoms. The lowest BCUT2D eigenvalue weighted by Gasteiger charge is -2.10. The summed E-state index contributed by atoms with van der Waals surface area (Å²) in [6.45, 7) is 0.269. The Labute approximate surface area is 137 Å². The molecule has 0 aliphatic rings. The summed E-state index contributed by atoms with van der Waals surface area (Å²) < 4.78 is 5.61. The standard InChI is InChI=1S/C18H13ClO4/c19-16-9-14(8-15(17(16)20)18(21)22)23-10-11-5-6-12-3-1-2-4-13(12)7-11/h1-9,20H,10H2,(H,21,22). The molecule has 0 aliphatic heterocycles. The highest BCUT2D eigenvalue weighted by molar-refractivity contribution is 6.32. The van der Waals surface area contributed by atoms with E-state index in [2.05, 4.69) is 0 Å². The van der Waals surface area contributed by atoms with Crippen LogP contribution in [0, 0.1) is 0 Å². The van der Waals surface area contributed by atoms with E-state index in [9.17, 15) is 9.90 Å². The summed E-state index contributed by atoms with van der Waals surface area (Å²) in [6, 6.07) is 16.6. The van der Waals surface area contributed by atoms with Crippen LogP contribution in [0.5, 0.6) is 11.5 Å². The molecule has 0 aliphatic carbocycles. The van der Waals surface area contributed by atoms with Crippen molar-refractivity contribution in [2.24, 2.45) is 0 Å². The summed E-state index contributed by atoms with van der Waals surface area (Å²) in [6.07, 6.45) is 0. The van der Waals surface area contributed by atoms with E-state index in [0.29, 0.717) is 5.75 Å². The van der Waals surface area contributed by atoms with Crippen LogP contribution in [0.4, 0.5) is 0 Å². The lowest BCUT2D eigenvalue weighted by Crippen LogP contribution is -2.00. The van der Waals surface area contributed by atoms with Gasteiger partial charge >= 0.3 is 5.97 Å². The average Bonchev–Trinajstić information content (AvgIpc) is 2.55. The zero-order chi connectivity index (χ0) is 16.4. The van der Waals surface area contributed by atoms with E-state index in [-0.39, 0.29) is 17.2 Å². The quantitative estimate of drug-likeness (QED) is 0.741. The predicted molar refractivity (Wildman–Crippen MR) is 88.4 cm³/mol. The van der Waals surface area contributed by atoms with Crippen molar-refractivity contribution in [1.29, 1.82) is 0 Å². The second kappa shape index (κ2) is 6.18. The molecule has 0 spiro atoms. The van der Waals surface area contributed by atoms with E-state index in [1.165, 1.54) is 12.1 Å². The number of carboxylic acids is 1. The summed E-state index contributed by atoms with van der Waals surface area (Å²) in [5.41, 5.74) is 0.663. The van der Waals surface area contributed by atoms with Gasteiger partial charge in [-0.3, -0.25) is 0 Å². The Balaban J connectivity index is 1.83. The largest absolute Gasteiger partial charge is 0.505 e. The third-order valence-corrected chi connectivity index (χ3v) is 3.77. The molecule has 4 nitrogen and oxygen atoms in total.